The molecule has 1 aromatic heterocycles. The van der Waals surface area contributed by atoms with E-state index in [4.69, 9.17) is 0 Å². The Morgan fingerprint density at radius 1 is 0.939 bits per heavy atom. The molecule has 4 aromatic rings. The number of benzene rings is 3. The van der Waals surface area contributed by atoms with Crippen molar-refractivity contribution in [3.63, 3.8) is 0 Å². The molecule has 3 amide bonds. The lowest BCUT2D eigenvalue weighted by Crippen LogP contribution is -2.32. The Hall–Kier alpha value is -4.26. The average molecular weight is 438 g/mol. The number of H-pyrrole nitrogens is 1. The van der Waals surface area contributed by atoms with Crippen molar-refractivity contribution in [3.05, 3.63) is 82.9 Å². The van der Waals surface area contributed by atoms with Crippen LogP contribution in [0.2, 0.25) is 0 Å². The Morgan fingerprint density at radius 2 is 1.58 bits per heavy atom. The van der Waals surface area contributed by atoms with Gasteiger partial charge in [-0.3, -0.25) is 19.3 Å². The largest absolute Gasteiger partial charge is 0.338 e. The van der Waals surface area contributed by atoms with Gasteiger partial charge >= 0.3 is 0 Å². The van der Waals surface area contributed by atoms with Crippen LogP contribution < -0.4 is 5.32 Å². The summed E-state index contributed by atoms with van der Waals surface area (Å²) in [7, 11) is 0. The summed E-state index contributed by atoms with van der Waals surface area (Å²) in [4.78, 5) is 46.4. The van der Waals surface area contributed by atoms with Crippen LogP contribution in [0.4, 0.5) is 5.69 Å². The Morgan fingerprint density at radius 3 is 2.24 bits per heavy atom. The fourth-order valence-corrected chi connectivity index (χ4v) is 4.00. The molecule has 2 heterocycles. The molecule has 0 bridgehead atoms. The van der Waals surface area contributed by atoms with E-state index >= 15 is 0 Å². The van der Waals surface area contributed by atoms with Crippen LogP contribution in [0.25, 0.3) is 22.4 Å². The maximum atomic E-state index is 12.4. The van der Waals surface area contributed by atoms with Gasteiger partial charge < -0.3 is 10.3 Å². The summed E-state index contributed by atoms with van der Waals surface area (Å²) in [5.74, 6) is -0.222. The van der Waals surface area contributed by atoms with Crippen molar-refractivity contribution in [3.8, 4) is 11.4 Å². The number of imidazole rings is 1. The van der Waals surface area contributed by atoms with Gasteiger partial charge in [0.25, 0.3) is 11.8 Å². The van der Waals surface area contributed by atoms with Crippen molar-refractivity contribution in [1.82, 2.24) is 14.9 Å². The van der Waals surface area contributed by atoms with E-state index in [0.29, 0.717) is 16.8 Å². The molecule has 0 saturated heterocycles. The number of hydrogen-bond acceptors (Lipinski definition) is 4. The number of amides is 3. The lowest BCUT2D eigenvalue weighted by Gasteiger charge is -2.13. The minimum absolute atomic E-state index is 0.0233. The Labute approximate surface area is 190 Å². The van der Waals surface area contributed by atoms with E-state index in [-0.39, 0.29) is 30.7 Å². The summed E-state index contributed by atoms with van der Waals surface area (Å²) in [5, 5.41) is 2.82. The molecule has 164 valence electrons. The Kier molecular flexibility index (Phi) is 5.01. The zero-order valence-electron chi connectivity index (χ0n) is 18.3. The van der Waals surface area contributed by atoms with Crippen LogP contribution in [-0.2, 0) is 4.79 Å². The molecule has 3 aromatic carbocycles. The van der Waals surface area contributed by atoms with E-state index < -0.39 is 0 Å². The van der Waals surface area contributed by atoms with Gasteiger partial charge in [-0.2, -0.15) is 0 Å². The van der Waals surface area contributed by atoms with Crippen LogP contribution in [0.5, 0.6) is 0 Å². The third kappa shape index (κ3) is 3.78. The van der Waals surface area contributed by atoms with Gasteiger partial charge in [0.05, 0.1) is 22.2 Å². The molecule has 0 spiro atoms. The predicted octanol–water partition coefficient (Wildman–Crippen LogP) is 4.47. The molecule has 0 saturated carbocycles. The first-order valence-electron chi connectivity index (χ1n) is 10.7. The van der Waals surface area contributed by atoms with Crippen molar-refractivity contribution >= 4 is 34.4 Å². The summed E-state index contributed by atoms with van der Waals surface area (Å²) in [6.07, 6.45) is 0.0233. The number of carbonyl (C=O) groups excluding carboxylic acids is 3. The number of fused-ring (bicyclic) bond motifs is 2. The fourth-order valence-electron chi connectivity index (χ4n) is 4.00. The normalized spacial score (nSPS) is 13.0. The molecule has 7 nitrogen and oxygen atoms in total. The van der Waals surface area contributed by atoms with E-state index in [0.717, 1.165) is 27.3 Å². The predicted molar refractivity (Wildman–Crippen MR) is 126 cm³/mol. The molecule has 7 heteroatoms. The van der Waals surface area contributed by atoms with Gasteiger partial charge in [0.1, 0.15) is 5.82 Å². The SMILES string of the molecule is Cc1cc2nc(-c3ccc(NC(=O)CCN4C(=O)c5ccccc5C4=O)cc3)[nH]c2cc1C. The first kappa shape index (κ1) is 20.6. The molecule has 33 heavy (non-hydrogen) atoms. The lowest BCUT2D eigenvalue weighted by atomic mass is 10.1. The molecular weight excluding hydrogens is 416 g/mol. The van der Waals surface area contributed by atoms with Gasteiger partial charge in [0, 0.05) is 24.2 Å². The average Bonchev–Trinajstić information content (AvgIpc) is 3.32. The van der Waals surface area contributed by atoms with Gasteiger partial charge in [0.15, 0.2) is 0 Å². The number of nitrogens with zero attached hydrogens (tertiary/aromatic N) is 2. The third-order valence-electron chi connectivity index (χ3n) is 5.98. The minimum atomic E-state index is -0.357. The summed E-state index contributed by atoms with van der Waals surface area (Å²) in [6, 6.07) is 18.2. The number of nitrogens with one attached hydrogen (secondary N) is 2. The van der Waals surface area contributed by atoms with E-state index in [1.54, 1.807) is 36.4 Å². The second-order valence-electron chi connectivity index (χ2n) is 8.22. The zero-order valence-corrected chi connectivity index (χ0v) is 18.3. The van der Waals surface area contributed by atoms with Crippen LogP contribution in [0.3, 0.4) is 0 Å². The van der Waals surface area contributed by atoms with Gasteiger partial charge in [-0.15, -0.1) is 0 Å². The highest BCUT2D eigenvalue weighted by Crippen LogP contribution is 2.25. The molecule has 0 atom stereocenters. The number of aromatic amines is 1. The van der Waals surface area contributed by atoms with Crippen LogP contribution >= 0.6 is 0 Å². The van der Waals surface area contributed by atoms with E-state index in [1.165, 1.54) is 11.1 Å². The molecule has 0 unspecified atom stereocenters. The Balaban J connectivity index is 1.22. The lowest BCUT2D eigenvalue weighted by molar-refractivity contribution is -0.116. The molecule has 1 aliphatic heterocycles. The molecule has 2 N–H and O–H groups in total. The molecule has 0 aliphatic carbocycles. The smallest absolute Gasteiger partial charge is 0.261 e. The number of carbonyl (C=O) groups is 3. The summed E-state index contributed by atoms with van der Waals surface area (Å²) >= 11 is 0. The standard InChI is InChI=1S/C26H22N4O3/c1-15-13-21-22(14-16(15)2)29-24(28-21)17-7-9-18(10-8-17)27-23(31)11-12-30-25(32)19-5-3-4-6-20(19)26(30)33/h3-10,13-14H,11-12H2,1-2H3,(H,27,31)(H,28,29). The highest BCUT2D eigenvalue weighted by Gasteiger charge is 2.34. The number of hydrogen-bond donors (Lipinski definition) is 2. The molecule has 1 aliphatic rings. The van der Waals surface area contributed by atoms with Gasteiger partial charge in [0.2, 0.25) is 5.91 Å². The van der Waals surface area contributed by atoms with Crippen molar-refractivity contribution in [2.45, 2.75) is 20.3 Å². The van der Waals surface area contributed by atoms with E-state index in [1.807, 2.05) is 12.1 Å². The van der Waals surface area contributed by atoms with Crippen LogP contribution in [0.15, 0.2) is 60.7 Å². The highest BCUT2D eigenvalue weighted by molar-refractivity contribution is 6.21. The van der Waals surface area contributed by atoms with Crippen LogP contribution in [0, 0.1) is 13.8 Å². The van der Waals surface area contributed by atoms with Gasteiger partial charge in [-0.05, 0) is 73.5 Å². The minimum Gasteiger partial charge on any atom is -0.338 e. The fraction of sp³-hybridized carbons (Fsp3) is 0.154. The second kappa shape index (κ2) is 8.02. The highest BCUT2D eigenvalue weighted by atomic mass is 16.2. The first-order chi connectivity index (χ1) is 15.9. The molecule has 0 radical (unpaired) electrons. The van der Waals surface area contributed by atoms with Gasteiger partial charge in [-0.1, -0.05) is 12.1 Å². The van der Waals surface area contributed by atoms with Crippen molar-refractivity contribution in [2.24, 2.45) is 0 Å². The number of imide groups is 1. The number of anilines is 1. The van der Waals surface area contributed by atoms with Gasteiger partial charge in [-0.25, -0.2) is 4.98 Å². The summed E-state index contributed by atoms with van der Waals surface area (Å²) < 4.78 is 0. The maximum Gasteiger partial charge on any atom is 0.261 e. The van der Waals surface area contributed by atoms with E-state index in [2.05, 4.69) is 41.3 Å². The monoisotopic (exact) mass is 438 g/mol. The van der Waals surface area contributed by atoms with Crippen molar-refractivity contribution in [2.75, 3.05) is 11.9 Å². The summed E-state index contributed by atoms with van der Waals surface area (Å²) in [6.45, 7) is 4.17. The number of rotatable bonds is 5. The second-order valence-corrected chi connectivity index (χ2v) is 8.22. The molecular formula is C26H22N4O3. The number of aryl methyl sites for hydroxylation is 2. The van der Waals surface area contributed by atoms with Crippen molar-refractivity contribution < 1.29 is 14.4 Å². The number of aromatic nitrogens is 2. The maximum absolute atomic E-state index is 12.4. The third-order valence-corrected chi connectivity index (χ3v) is 5.98. The Bertz CT molecular complexity index is 1350. The first-order valence-corrected chi connectivity index (χ1v) is 10.7. The van der Waals surface area contributed by atoms with E-state index in [9.17, 15) is 14.4 Å². The molecule has 0 fully saturated rings. The van der Waals surface area contributed by atoms with Crippen LogP contribution in [0.1, 0.15) is 38.3 Å². The van der Waals surface area contributed by atoms with Crippen molar-refractivity contribution in [1.29, 1.82) is 0 Å². The summed E-state index contributed by atoms with van der Waals surface area (Å²) in [5.41, 5.74) is 6.61. The molecule has 5 rings (SSSR count). The quantitative estimate of drug-likeness (QED) is 0.450. The van der Waals surface area contributed by atoms with Crippen LogP contribution in [-0.4, -0.2) is 39.1 Å². The topological polar surface area (TPSA) is 95.2 Å². The zero-order chi connectivity index (χ0) is 23.1.